The van der Waals surface area contributed by atoms with Gasteiger partial charge in [-0.2, -0.15) is 4.99 Å². The zero-order valence-electron chi connectivity index (χ0n) is 13.7. The average Bonchev–Trinajstić information content (AvgIpc) is 2.96. The molecule has 0 atom stereocenters. The minimum atomic E-state index is -0.330. The maximum atomic E-state index is 12.5. The molecule has 1 amide bonds. The zero-order valence-corrected chi connectivity index (χ0v) is 15.3. The number of aryl methyl sites for hydroxylation is 1. The number of carbonyl (C=O) groups excluding carboxylic acids is 1. The van der Waals surface area contributed by atoms with E-state index in [2.05, 4.69) is 10.9 Å². The van der Waals surface area contributed by atoms with Crippen molar-refractivity contribution < 1.29 is 9.53 Å². The second-order valence-corrected chi connectivity index (χ2v) is 6.76. The van der Waals surface area contributed by atoms with Crippen LogP contribution in [0, 0.1) is 19.3 Å². The summed E-state index contributed by atoms with van der Waals surface area (Å²) in [6.45, 7) is 2.25. The molecule has 0 radical (unpaired) electrons. The third-order valence-corrected chi connectivity index (χ3v) is 5.27. The number of halogens is 1. The van der Waals surface area contributed by atoms with Crippen molar-refractivity contribution in [1.29, 1.82) is 0 Å². The van der Waals surface area contributed by atoms with Crippen LogP contribution >= 0.6 is 22.9 Å². The van der Waals surface area contributed by atoms with Crippen LogP contribution in [0.2, 0.25) is 5.02 Å². The van der Waals surface area contributed by atoms with E-state index in [4.69, 9.17) is 22.8 Å². The zero-order chi connectivity index (χ0) is 18.0. The lowest BCUT2D eigenvalue weighted by Crippen LogP contribution is -2.17. The van der Waals surface area contributed by atoms with Crippen molar-refractivity contribution in [3.05, 3.63) is 57.3 Å². The highest BCUT2D eigenvalue weighted by Crippen LogP contribution is 2.27. The number of carbonyl (C=O) groups is 1. The van der Waals surface area contributed by atoms with E-state index >= 15 is 0 Å². The van der Waals surface area contributed by atoms with Crippen LogP contribution in [0.3, 0.4) is 0 Å². The summed E-state index contributed by atoms with van der Waals surface area (Å²) >= 11 is 7.64. The molecule has 0 aliphatic rings. The Labute approximate surface area is 154 Å². The molecule has 1 aromatic heterocycles. The van der Waals surface area contributed by atoms with Crippen molar-refractivity contribution in [2.75, 3.05) is 7.11 Å². The maximum absolute atomic E-state index is 12.5. The number of hydrogen-bond donors (Lipinski definition) is 0. The normalized spacial score (nSPS) is 11.5. The standard InChI is InChI=1S/C19H15ClN2O2S/c1-4-11-22-17-12(2)15(20)9-10-16(17)25-19(22)21-18(23)13-5-7-14(24-3)8-6-13/h1,5-10H,11H2,2-3H3. The molecule has 1 heterocycles. The topological polar surface area (TPSA) is 43.6 Å². The Morgan fingerprint density at radius 3 is 2.68 bits per heavy atom. The van der Waals surface area contributed by atoms with Crippen molar-refractivity contribution in [1.82, 2.24) is 4.57 Å². The maximum Gasteiger partial charge on any atom is 0.279 e. The molecule has 4 nitrogen and oxygen atoms in total. The Bertz CT molecular complexity index is 1060. The van der Waals surface area contributed by atoms with Gasteiger partial charge in [0, 0.05) is 10.6 Å². The van der Waals surface area contributed by atoms with Crippen LogP contribution in [0.5, 0.6) is 5.75 Å². The molecule has 0 aliphatic carbocycles. The number of ether oxygens (including phenoxy) is 1. The van der Waals surface area contributed by atoms with Gasteiger partial charge in [0.05, 0.1) is 23.9 Å². The van der Waals surface area contributed by atoms with E-state index in [1.165, 1.54) is 11.3 Å². The van der Waals surface area contributed by atoms with Gasteiger partial charge in [0.2, 0.25) is 0 Å². The van der Waals surface area contributed by atoms with E-state index in [9.17, 15) is 4.79 Å². The lowest BCUT2D eigenvalue weighted by Gasteiger charge is -2.04. The fourth-order valence-corrected chi connectivity index (χ4v) is 3.76. The van der Waals surface area contributed by atoms with Crippen LogP contribution in [-0.2, 0) is 6.54 Å². The van der Waals surface area contributed by atoms with Crippen LogP contribution in [0.1, 0.15) is 15.9 Å². The Balaban J connectivity index is 2.15. The predicted molar refractivity (Wildman–Crippen MR) is 101 cm³/mol. The van der Waals surface area contributed by atoms with Gasteiger partial charge in [-0.05, 0) is 48.9 Å². The molecular formula is C19H15ClN2O2S. The van der Waals surface area contributed by atoms with Crippen molar-refractivity contribution >= 4 is 39.1 Å². The van der Waals surface area contributed by atoms with Crippen LogP contribution in [0.4, 0.5) is 0 Å². The lowest BCUT2D eigenvalue weighted by molar-refractivity contribution is 0.0998. The van der Waals surface area contributed by atoms with Crippen LogP contribution < -0.4 is 9.54 Å². The molecule has 0 unspecified atom stereocenters. The first-order chi connectivity index (χ1) is 12.0. The third-order valence-electron chi connectivity index (χ3n) is 3.81. The fourth-order valence-electron chi connectivity index (χ4n) is 2.52. The number of hydrogen-bond acceptors (Lipinski definition) is 3. The number of fused-ring (bicyclic) bond motifs is 1. The van der Waals surface area contributed by atoms with Gasteiger partial charge in [-0.1, -0.05) is 28.9 Å². The highest BCUT2D eigenvalue weighted by Gasteiger charge is 2.12. The van der Waals surface area contributed by atoms with Gasteiger partial charge in [0.15, 0.2) is 4.80 Å². The molecule has 0 spiro atoms. The summed E-state index contributed by atoms with van der Waals surface area (Å²) in [7, 11) is 1.58. The SMILES string of the molecule is C#CCn1c(=NC(=O)c2ccc(OC)cc2)sc2ccc(Cl)c(C)c21. The summed E-state index contributed by atoms with van der Waals surface area (Å²) < 4.78 is 7.94. The summed E-state index contributed by atoms with van der Waals surface area (Å²) in [5.41, 5.74) is 2.32. The van der Waals surface area contributed by atoms with Crippen LogP contribution in [0.15, 0.2) is 41.4 Å². The van der Waals surface area contributed by atoms with Gasteiger partial charge in [-0.15, -0.1) is 6.42 Å². The second kappa shape index (κ2) is 7.14. The molecule has 0 fully saturated rings. The molecule has 0 saturated heterocycles. The number of terminal acetylenes is 1. The number of thiazole rings is 1. The molecule has 0 saturated carbocycles. The first-order valence-electron chi connectivity index (χ1n) is 7.50. The third kappa shape index (κ3) is 3.32. The average molecular weight is 371 g/mol. The first kappa shape index (κ1) is 17.3. The lowest BCUT2D eigenvalue weighted by atomic mass is 10.2. The number of rotatable bonds is 3. The first-order valence-corrected chi connectivity index (χ1v) is 8.69. The number of nitrogens with zero attached hydrogens (tertiary/aromatic N) is 2. The van der Waals surface area contributed by atoms with E-state index < -0.39 is 0 Å². The fraction of sp³-hybridized carbons (Fsp3) is 0.158. The summed E-state index contributed by atoms with van der Waals surface area (Å²) in [6, 6.07) is 10.6. The number of benzene rings is 2. The summed E-state index contributed by atoms with van der Waals surface area (Å²) in [4.78, 5) is 17.3. The highest BCUT2D eigenvalue weighted by atomic mass is 35.5. The van der Waals surface area contributed by atoms with Crippen LogP contribution in [-0.4, -0.2) is 17.6 Å². The molecular weight excluding hydrogens is 356 g/mol. The van der Waals surface area contributed by atoms with Gasteiger partial charge in [0.25, 0.3) is 5.91 Å². The Morgan fingerprint density at radius 2 is 2.04 bits per heavy atom. The molecule has 3 rings (SSSR count). The van der Waals surface area contributed by atoms with E-state index in [-0.39, 0.29) is 5.91 Å². The molecule has 0 aliphatic heterocycles. The smallest absolute Gasteiger partial charge is 0.279 e. The van der Waals surface area contributed by atoms with Crippen molar-refractivity contribution in [3.63, 3.8) is 0 Å². The van der Waals surface area contributed by atoms with E-state index in [1.807, 2.05) is 23.6 Å². The molecule has 2 aromatic carbocycles. The van der Waals surface area contributed by atoms with Gasteiger partial charge in [0.1, 0.15) is 5.75 Å². The summed E-state index contributed by atoms with van der Waals surface area (Å²) in [6.07, 6.45) is 5.50. The molecule has 0 bridgehead atoms. The van der Waals surface area contributed by atoms with E-state index in [0.717, 1.165) is 15.8 Å². The molecule has 3 aromatic rings. The van der Waals surface area contributed by atoms with Gasteiger partial charge >= 0.3 is 0 Å². The Morgan fingerprint density at radius 1 is 1.32 bits per heavy atom. The summed E-state index contributed by atoms with van der Waals surface area (Å²) in [5, 5.41) is 0.657. The molecule has 6 heteroatoms. The number of methoxy groups -OCH3 is 1. The van der Waals surface area contributed by atoms with E-state index in [0.29, 0.717) is 27.7 Å². The summed E-state index contributed by atoms with van der Waals surface area (Å²) in [5.74, 6) is 2.97. The Kier molecular flexibility index (Phi) is 4.93. The Hall–Kier alpha value is -2.55. The number of aromatic nitrogens is 1. The van der Waals surface area contributed by atoms with Crippen molar-refractivity contribution in [3.8, 4) is 18.1 Å². The van der Waals surface area contributed by atoms with E-state index in [1.54, 1.807) is 31.4 Å². The predicted octanol–water partition coefficient (Wildman–Crippen LogP) is 4.05. The van der Waals surface area contributed by atoms with Gasteiger partial charge < -0.3 is 9.30 Å². The minimum absolute atomic E-state index is 0.315. The van der Waals surface area contributed by atoms with Crippen molar-refractivity contribution in [2.24, 2.45) is 4.99 Å². The quantitative estimate of drug-likeness (QED) is 0.653. The van der Waals surface area contributed by atoms with Gasteiger partial charge in [-0.3, -0.25) is 4.79 Å². The monoisotopic (exact) mass is 370 g/mol. The minimum Gasteiger partial charge on any atom is -0.497 e. The van der Waals surface area contributed by atoms with Crippen molar-refractivity contribution in [2.45, 2.75) is 13.5 Å². The second-order valence-electron chi connectivity index (χ2n) is 5.34. The highest BCUT2D eigenvalue weighted by molar-refractivity contribution is 7.16. The number of amides is 1. The van der Waals surface area contributed by atoms with Crippen LogP contribution in [0.25, 0.3) is 10.2 Å². The van der Waals surface area contributed by atoms with Gasteiger partial charge in [-0.25, -0.2) is 0 Å². The molecule has 25 heavy (non-hydrogen) atoms. The molecule has 0 N–H and O–H groups in total. The largest absolute Gasteiger partial charge is 0.497 e. The molecule has 126 valence electrons.